The van der Waals surface area contributed by atoms with Gasteiger partial charge in [-0.1, -0.05) is 5.16 Å². The van der Waals surface area contributed by atoms with Crippen LogP contribution in [0.25, 0.3) is 0 Å². The highest BCUT2D eigenvalue weighted by Crippen LogP contribution is 2.15. The number of hydrazone groups is 1. The van der Waals surface area contributed by atoms with Crippen LogP contribution in [0.3, 0.4) is 0 Å². The third-order valence-electron chi connectivity index (χ3n) is 2.78. The number of carbonyl (C=O) groups is 1. The van der Waals surface area contributed by atoms with Crippen molar-refractivity contribution in [2.24, 2.45) is 5.10 Å². The molecule has 1 aromatic heterocycles. The van der Waals surface area contributed by atoms with Gasteiger partial charge >= 0.3 is 5.97 Å². The largest absolute Gasteiger partial charge is 0.461 e. The zero-order valence-electron chi connectivity index (χ0n) is 12.5. The maximum absolute atomic E-state index is 11.5. The maximum Gasteiger partial charge on any atom is 0.360 e. The van der Waals surface area contributed by atoms with Crippen molar-refractivity contribution in [3.05, 3.63) is 51.9 Å². The lowest BCUT2D eigenvalue weighted by Gasteiger charge is -2.00. The van der Waals surface area contributed by atoms with Gasteiger partial charge in [0.15, 0.2) is 11.5 Å². The maximum atomic E-state index is 11.5. The van der Waals surface area contributed by atoms with Gasteiger partial charge in [-0.2, -0.15) is 5.10 Å². The second-order valence-corrected chi connectivity index (χ2v) is 4.41. The monoisotopic (exact) mass is 318 g/mol. The molecule has 0 aliphatic heterocycles. The molecule has 0 radical (unpaired) electrons. The zero-order valence-corrected chi connectivity index (χ0v) is 12.5. The number of benzene rings is 1. The number of anilines is 1. The minimum absolute atomic E-state index is 0.00874. The predicted octanol–water partition coefficient (Wildman–Crippen LogP) is 2.60. The van der Waals surface area contributed by atoms with Crippen LogP contribution in [-0.4, -0.2) is 28.4 Å². The Morgan fingerprint density at radius 1 is 1.43 bits per heavy atom. The van der Waals surface area contributed by atoms with Gasteiger partial charge in [0.05, 0.1) is 17.2 Å². The molecule has 0 amide bonds. The van der Waals surface area contributed by atoms with Gasteiger partial charge in [0.2, 0.25) is 0 Å². The highest BCUT2D eigenvalue weighted by atomic mass is 16.6. The van der Waals surface area contributed by atoms with Crippen LogP contribution in [-0.2, 0) is 4.74 Å². The molecule has 2 aromatic rings. The molecule has 9 nitrogen and oxygen atoms in total. The molecule has 1 aromatic carbocycles. The molecule has 1 N–H and O–H groups in total. The first kappa shape index (κ1) is 16.1. The Balaban J connectivity index is 2.05. The van der Waals surface area contributed by atoms with E-state index in [1.807, 2.05) is 0 Å². The number of hydrogen-bond acceptors (Lipinski definition) is 8. The fourth-order valence-electron chi connectivity index (χ4n) is 1.61. The van der Waals surface area contributed by atoms with Crippen molar-refractivity contribution in [2.45, 2.75) is 13.8 Å². The van der Waals surface area contributed by atoms with Crippen molar-refractivity contribution in [2.75, 3.05) is 12.0 Å². The van der Waals surface area contributed by atoms with Crippen LogP contribution in [0.1, 0.15) is 30.1 Å². The van der Waals surface area contributed by atoms with Crippen molar-refractivity contribution in [1.29, 1.82) is 0 Å². The summed E-state index contributed by atoms with van der Waals surface area (Å²) in [4.78, 5) is 21.6. The van der Waals surface area contributed by atoms with E-state index in [9.17, 15) is 14.9 Å². The summed E-state index contributed by atoms with van der Waals surface area (Å²) in [6.45, 7) is 3.60. The van der Waals surface area contributed by atoms with Gasteiger partial charge in [0, 0.05) is 18.2 Å². The molecule has 0 saturated heterocycles. The molecule has 120 valence electrons. The minimum Gasteiger partial charge on any atom is -0.461 e. The summed E-state index contributed by atoms with van der Waals surface area (Å²) in [5.41, 5.74) is 3.81. The second-order valence-electron chi connectivity index (χ2n) is 4.41. The number of nitrogens with one attached hydrogen (secondary N) is 1. The SMILES string of the molecule is CCOC(=O)c1cc(/C(C)=N\Nc2ccc([N+](=O)[O-])cc2)on1. The van der Waals surface area contributed by atoms with Crippen molar-refractivity contribution < 1.29 is 19.0 Å². The summed E-state index contributed by atoms with van der Waals surface area (Å²) in [7, 11) is 0. The van der Waals surface area contributed by atoms with Crippen LogP contribution >= 0.6 is 0 Å². The van der Waals surface area contributed by atoms with E-state index in [1.165, 1.54) is 30.3 Å². The summed E-state index contributed by atoms with van der Waals surface area (Å²) in [5.74, 6) is -0.263. The Morgan fingerprint density at radius 3 is 2.74 bits per heavy atom. The standard InChI is InChI=1S/C14H14N4O5/c1-3-22-14(19)12-8-13(23-17-12)9(2)15-16-10-4-6-11(7-5-10)18(20)21/h4-8,16H,3H2,1-2H3/b15-9-. The van der Waals surface area contributed by atoms with Crippen molar-refractivity contribution >= 4 is 23.1 Å². The number of nitro groups is 1. The number of carbonyl (C=O) groups excluding carboxylic acids is 1. The quantitative estimate of drug-likeness (QED) is 0.376. The van der Waals surface area contributed by atoms with Crippen LogP contribution in [0.2, 0.25) is 0 Å². The van der Waals surface area contributed by atoms with Gasteiger partial charge in [-0.25, -0.2) is 4.79 Å². The first-order chi connectivity index (χ1) is 11.0. The molecule has 0 fully saturated rings. The van der Waals surface area contributed by atoms with Crippen LogP contribution in [0.15, 0.2) is 40.0 Å². The van der Waals surface area contributed by atoms with Gasteiger partial charge in [0.1, 0.15) is 5.71 Å². The van der Waals surface area contributed by atoms with E-state index in [0.29, 0.717) is 17.2 Å². The normalized spacial score (nSPS) is 11.1. The number of nitro benzene ring substituents is 1. The molecular weight excluding hydrogens is 304 g/mol. The third-order valence-corrected chi connectivity index (χ3v) is 2.78. The molecule has 9 heteroatoms. The average Bonchev–Trinajstić information content (AvgIpc) is 3.03. The summed E-state index contributed by atoms with van der Waals surface area (Å²) >= 11 is 0. The molecule has 23 heavy (non-hydrogen) atoms. The number of esters is 1. The molecule has 2 rings (SSSR count). The van der Waals surface area contributed by atoms with E-state index in [-0.39, 0.29) is 18.0 Å². The van der Waals surface area contributed by atoms with Crippen LogP contribution in [0, 0.1) is 10.1 Å². The van der Waals surface area contributed by atoms with E-state index in [4.69, 9.17) is 9.26 Å². The lowest BCUT2D eigenvalue weighted by Crippen LogP contribution is -2.04. The molecule has 0 unspecified atom stereocenters. The number of rotatable bonds is 6. The highest BCUT2D eigenvalue weighted by Gasteiger charge is 2.15. The molecular formula is C14H14N4O5. The number of aromatic nitrogens is 1. The fraction of sp³-hybridized carbons (Fsp3) is 0.214. The lowest BCUT2D eigenvalue weighted by atomic mass is 10.3. The number of nitrogens with zero attached hydrogens (tertiary/aromatic N) is 3. The van der Waals surface area contributed by atoms with Gasteiger partial charge in [-0.05, 0) is 26.0 Å². The van der Waals surface area contributed by atoms with Crippen molar-refractivity contribution in [1.82, 2.24) is 5.16 Å². The van der Waals surface area contributed by atoms with Gasteiger partial charge in [-0.3, -0.25) is 15.5 Å². The van der Waals surface area contributed by atoms with E-state index in [0.717, 1.165) is 0 Å². The van der Waals surface area contributed by atoms with Crippen molar-refractivity contribution in [3.63, 3.8) is 0 Å². The van der Waals surface area contributed by atoms with Crippen LogP contribution < -0.4 is 5.43 Å². The first-order valence-electron chi connectivity index (χ1n) is 6.70. The smallest absolute Gasteiger partial charge is 0.360 e. The molecule has 0 saturated carbocycles. The van der Waals surface area contributed by atoms with Gasteiger partial charge < -0.3 is 9.26 Å². The van der Waals surface area contributed by atoms with Crippen LogP contribution in [0.5, 0.6) is 0 Å². The second kappa shape index (κ2) is 7.16. The summed E-state index contributed by atoms with van der Waals surface area (Å²) < 4.78 is 9.83. The molecule has 0 spiro atoms. The molecule has 0 aliphatic carbocycles. The summed E-state index contributed by atoms with van der Waals surface area (Å²) in [5, 5.41) is 18.2. The minimum atomic E-state index is -0.571. The zero-order chi connectivity index (χ0) is 16.8. The Bertz CT molecular complexity index is 736. The number of non-ortho nitro benzene ring substituents is 1. The van der Waals surface area contributed by atoms with E-state index >= 15 is 0 Å². The Hall–Kier alpha value is -3.23. The third kappa shape index (κ3) is 4.13. The number of hydrogen-bond donors (Lipinski definition) is 1. The summed E-state index contributed by atoms with van der Waals surface area (Å²) in [6.07, 6.45) is 0. The van der Waals surface area contributed by atoms with Gasteiger partial charge in [-0.15, -0.1) is 0 Å². The van der Waals surface area contributed by atoms with Crippen LogP contribution in [0.4, 0.5) is 11.4 Å². The Morgan fingerprint density at radius 2 is 2.13 bits per heavy atom. The number of ether oxygens (including phenoxy) is 1. The molecule has 1 heterocycles. The Labute approximate surface area is 131 Å². The van der Waals surface area contributed by atoms with E-state index in [1.54, 1.807) is 13.8 Å². The topological polar surface area (TPSA) is 120 Å². The predicted molar refractivity (Wildman–Crippen MR) is 81.4 cm³/mol. The highest BCUT2D eigenvalue weighted by molar-refractivity contribution is 5.98. The fourth-order valence-corrected chi connectivity index (χ4v) is 1.61. The Kier molecular flexibility index (Phi) is 5.03. The summed E-state index contributed by atoms with van der Waals surface area (Å²) in [6, 6.07) is 7.20. The van der Waals surface area contributed by atoms with Crippen molar-refractivity contribution in [3.8, 4) is 0 Å². The van der Waals surface area contributed by atoms with E-state index in [2.05, 4.69) is 15.7 Å². The lowest BCUT2D eigenvalue weighted by molar-refractivity contribution is -0.384. The molecule has 0 aliphatic rings. The molecule has 0 atom stereocenters. The average molecular weight is 318 g/mol. The first-order valence-corrected chi connectivity index (χ1v) is 6.70. The molecule has 0 bridgehead atoms. The van der Waals surface area contributed by atoms with Gasteiger partial charge in [0.25, 0.3) is 5.69 Å². The van der Waals surface area contributed by atoms with E-state index < -0.39 is 10.9 Å².